The number of hydrogen-bond acceptors (Lipinski definition) is 4. The quantitative estimate of drug-likeness (QED) is 0.467. The molecule has 3 aromatic heterocycles. The minimum absolute atomic E-state index is 0.101. The molecule has 0 spiro atoms. The molecule has 10 heteroatoms. The molecule has 0 aliphatic rings. The topological polar surface area (TPSA) is 69.2 Å². The Kier molecular flexibility index (Phi) is 5.09. The van der Waals surface area contributed by atoms with Crippen molar-refractivity contribution in [1.82, 2.24) is 34.3 Å². The summed E-state index contributed by atoms with van der Waals surface area (Å²) in [5.74, 6) is 0.747. The van der Waals surface area contributed by atoms with E-state index in [1.54, 1.807) is 16.9 Å². The fourth-order valence-electron chi connectivity index (χ4n) is 2.98. The second-order valence-electron chi connectivity index (χ2n) is 6.47. The van der Waals surface area contributed by atoms with Gasteiger partial charge in [-0.3, -0.25) is 19.0 Å². The van der Waals surface area contributed by atoms with Gasteiger partial charge in [-0.05, 0) is 49.8 Å². The van der Waals surface area contributed by atoms with Crippen molar-refractivity contribution in [2.75, 3.05) is 0 Å². The maximum absolute atomic E-state index is 6.28. The number of nitrogens with one attached hydrogen (secondary N) is 1. The van der Waals surface area contributed by atoms with Crippen molar-refractivity contribution in [2.45, 2.75) is 26.4 Å². The number of rotatable bonds is 5. The van der Waals surface area contributed by atoms with E-state index in [0.29, 0.717) is 21.4 Å². The third-order valence-corrected chi connectivity index (χ3v) is 5.30. The molecule has 144 valence electrons. The molecule has 4 rings (SSSR count). The van der Waals surface area contributed by atoms with Crippen LogP contribution in [0.5, 0.6) is 0 Å². The van der Waals surface area contributed by atoms with Crippen LogP contribution in [0.3, 0.4) is 0 Å². The summed E-state index contributed by atoms with van der Waals surface area (Å²) in [6.07, 6.45) is 5.58. The molecule has 0 aliphatic heterocycles. The lowest BCUT2D eigenvalue weighted by atomic mass is 10.2. The Morgan fingerprint density at radius 2 is 2.07 bits per heavy atom. The second kappa shape index (κ2) is 7.54. The van der Waals surface area contributed by atoms with Gasteiger partial charge in [0.1, 0.15) is 6.04 Å². The van der Waals surface area contributed by atoms with Crippen molar-refractivity contribution in [3.8, 4) is 5.69 Å². The van der Waals surface area contributed by atoms with Crippen molar-refractivity contribution in [2.24, 2.45) is 0 Å². The first-order valence-corrected chi connectivity index (χ1v) is 9.74. The average molecular weight is 434 g/mol. The number of hydrogen-bond donors (Lipinski definition) is 1. The van der Waals surface area contributed by atoms with Crippen molar-refractivity contribution in [1.29, 1.82) is 0 Å². The predicted molar refractivity (Wildman–Crippen MR) is 111 cm³/mol. The van der Waals surface area contributed by atoms with Crippen molar-refractivity contribution in [3.63, 3.8) is 0 Å². The number of H-pyrrole nitrogens is 1. The first-order chi connectivity index (χ1) is 13.4. The molecule has 1 aromatic carbocycles. The fourth-order valence-corrected chi connectivity index (χ4v) is 3.70. The Bertz CT molecular complexity index is 1190. The second-order valence-corrected chi connectivity index (χ2v) is 7.70. The zero-order valence-electron chi connectivity index (χ0n) is 15.2. The van der Waals surface area contributed by atoms with Crippen LogP contribution in [0.25, 0.3) is 5.69 Å². The lowest BCUT2D eigenvalue weighted by Crippen LogP contribution is -2.13. The molecule has 7 nitrogen and oxygen atoms in total. The number of nitrogens with zero attached hydrogens (tertiary/aromatic N) is 6. The summed E-state index contributed by atoms with van der Waals surface area (Å²) in [4.78, 5) is 0. The normalized spacial score (nSPS) is 12.4. The molecule has 0 fully saturated rings. The van der Waals surface area contributed by atoms with E-state index in [2.05, 4.69) is 20.4 Å². The van der Waals surface area contributed by atoms with Gasteiger partial charge < -0.3 is 0 Å². The number of benzene rings is 1. The molecule has 0 saturated heterocycles. The van der Waals surface area contributed by atoms with Gasteiger partial charge in [0, 0.05) is 22.4 Å². The van der Waals surface area contributed by atoms with Crippen LogP contribution in [0.15, 0.2) is 42.9 Å². The zero-order chi connectivity index (χ0) is 19.8. The molecule has 0 aliphatic carbocycles. The van der Waals surface area contributed by atoms with Crippen molar-refractivity contribution >= 4 is 35.4 Å². The van der Waals surface area contributed by atoms with Crippen molar-refractivity contribution < 1.29 is 0 Å². The fraction of sp³-hybridized carbons (Fsp3) is 0.222. The third kappa shape index (κ3) is 3.63. The highest BCUT2D eigenvalue weighted by Crippen LogP contribution is 2.23. The summed E-state index contributed by atoms with van der Waals surface area (Å²) < 4.78 is 6.01. The third-order valence-electron chi connectivity index (χ3n) is 4.44. The highest BCUT2D eigenvalue weighted by atomic mass is 35.5. The summed E-state index contributed by atoms with van der Waals surface area (Å²) in [7, 11) is 0. The lowest BCUT2D eigenvalue weighted by Gasteiger charge is -2.12. The van der Waals surface area contributed by atoms with Gasteiger partial charge in [0.05, 0.1) is 24.1 Å². The maximum Gasteiger partial charge on any atom is 0.200 e. The van der Waals surface area contributed by atoms with Crippen LogP contribution in [0.2, 0.25) is 10.0 Å². The number of halogens is 2. The van der Waals surface area contributed by atoms with Crippen LogP contribution < -0.4 is 0 Å². The Balaban J connectivity index is 1.66. The molecule has 28 heavy (non-hydrogen) atoms. The van der Waals surface area contributed by atoms with Gasteiger partial charge in [0.15, 0.2) is 10.6 Å². The summed E-state index contributed by atoms with van der Waals surface area (Å²) in [5.41, 5.74) is 2.69. The molecule has 1 unspecified atom stereocenters. The highest BCUT2D eigenvalue weighted by molar-refractivity contribution is 7.71. The van der Waals surface area contributed by atoms with Crippen LogP contribution in [-0.4, -0.2) is 34.3 Å². The SMILES string of the molecule is Cc1ccn(C(C)c2n[nH]c(=S)n2-c2cnn(Cc3ccc(Cl)cc3Cl)c2)n1. The van der Waals surface area contributed by atoms with Crippen LogP contribution in [0.1, 0.15) is 30.0 Å². The van der Waals surface area contributed by atoms with Crippen molar-refractivity contribution in [3.05, 3.63) is 74.8 Å². The number of aromatic nitrogens is 7. The largest absolute Gasteiger partial charge is 0.267 e. The molecular formula is C18H17Cl2N7S. The number of aromatic amines is 1. The standard InChI is InChI=1S/C18H17Cl2N7S/c1-11-5-6-26(24-11)12(2)17-22-23-18(28)27(17)15-8-21-25(10-15)9-13-3-4-14(19)7-16(13)20/h3-8,10,12H,9H2,1-2H3,(H,23,28). The van der Waals surface area contributed by atoms with Gasteiger partial charge in [-0.1, -0.05) is 29.3 Å². The van der Waals surface area contributed by atoms with Gasteiger partial charge in [0.25, 0.3) is 0 Å². The monoisotopic (exact) mass is 433 g/mol. The van der Waals surface area contributed by atoms with Crippen LogP contribution in [0, 0.1) is 11.7 Å². The zero-order valence-corrected chi connectivity index (χ0v) is 17.5. The first kappa shape index (κ1) is 18.9. The summed E-state index contributed by atoms with van der Waals surface area (Å²) in [6, 6.07) is 7.28. The van der Waals surface area contributed by atoms with E-state index in [1.165, 1.54) is 0 Å². The van der Waals surface area contributed by atoms with E-state index in [1.807, 2.05) is 53.7 Å². The summed E-state index contributed by atoms with van der Waals surface area (Å²) in [5, 5.41) is 17.4. The Hall–Kier alpha value is -2.42. The van der Waals surface area contributed by atoms with E-state index < -0.39 is 0 Å². The molecule has 1 atom stereocenters. The molecule has 4 aromatic rings. The van der Waals surface area contributed by atoms with E-state index in [-0.39, 0.29) is 6.04 Å². The molecule has 1 N–H and O–H groups in total. The van der Waals surface area contributed by atoms with E-state index >= 15 is 0 Å². The molecule has 0 radical (unpaired) electrons. The van der Waals surface area contributed by atoms with Crippen LogP contribution in [0.4, 0.5) is 0 Å². The number of aryl methyl sites for hydroxylation is 1. The maximum atomic E-state index is 6.28. The Morgan fingerprint density at radius 1 is 1.25 bits per heavy atom. The van der Waals surface area contributed by atoms with Gasteiger partial charge in [-0.2, -0.15) is 15.3 Å². The molecule has 3 heterocycles. The van der Waals surface area contributed by atoms with Gasteiger partial charge in [-0.15, -0.1) is 0 Å². The van der Waals surface area contributed by atoms with Crippen LogP contribution in [-0.2, 0) is 6.54 Å². The molecular weight excluding hydrogens is 417 g/mol. The van der Waals surface area contributed by atoms with E-state index in [9.17, 15) is 0 Å². The van der Waals surface area contributed by atoms with Gasteiger partial charge in [0.2, 0.25) is 0 Å². The van der Waals surface area contributed by atoms with E-state index in [4.69, 9.17) is 35.4 Å². The molecule has 0 bridgehead atoms. The van der Waals surface area contributed by atoms with E-state index in [0.717, 1.165) is 22.8 Å². The predicted octanol–water partition coefficient (Wildman–Crippen LogP) is 4.60. The lowest BCUT2D eigenvalue weighted by molar-refractivity contribution is 0.524. The Morgan fingerprint density at radius 3 is 2.79 bits per heavy atom. The van der Waals surface area contributed by atoms with Gasteiger partial charge >= 0.3 is 0 Å². The smallest absolute Gasteiger partial charge is 0.200 e. The first-order valence-electron chi connectivity index (χ1n) is 8.58. The highest BCUT2D eigenvalue weighted by Gasteiger charge is 2.19. The van der Waals surface area contributed by atoms with Crippen LogP contribution >= 0.6 is 35.4 Å². The minimum Gasteiger partial charge on any atom is -0.267 e. The van der Waals surface area contributed by atoms with Gasteiger partial charge in [-0.25, -0.2) is 0 Å². The molecule has 0 saturated carbocycles. The molecule has 0 amide bonds. The average Bonchev–Trinajstić information content (AvgIpc) is 3.37. The summed E-state index contributed by atoms with van der Waals surface area (Å²) in [6.45, 7) is 4.49. The Labute approximate surface area is 176 Å². The summed E-state index contributed by atoms with van der Waals surface area (Å²) >= 11 is 17.7. The minimum atomic E-state index is -0.101.